The lowest BCUT2D eigenvalue weighted by Gasteiger charge is -2.29. The zero-order valence-electron chi connectivity index (χ0n) is 12.9. The first-order valence-electron chi connectivity index (χ1n) is 7.98. The second-order valence-corrected chi connectivity index (χ2v) is 6.01. The molecule has 0 unspecified atom stereocenters. The fourth-order valence-corrected chi connectivity index (χ4v) is 2.95. The molecule has 0 bridgehead atoms. The number of nitrogens with one attached hydrogen (secondary N) is 1. The topological polar surface area (TPSA) is 58.6 Å². The van der Waals surface area contributed by atoms with Crippen molar-refractivity contribution in [3.05, 3.63) is 18.2 Å². The van der Waals surface area contributed by atoms with E-state index in [2.05, 4.69) is 5.32 Å². The number of carbonyl (C=O) groups is 2. The average Bonchev–Trinajstić information content (AvgIpc) is 2.46. The van der Waals surface area contributed by atoms with Gasteiger partial charge in [-0.15, -0.1) is 0 Å². The molecule has 0 atom stereocenters. The summed E-state index contributed by atoms with van der Waals surface area (Å²) in [6.07, 6.45) is 5.58. The van der Waals surface area contributed by atoms with Crippen LogP contribution >= 0.6 is 0 Å². The first-order valence-corrected chi connectivity index (χ1v) is 7.98. The molecule has 2 amide bonds. The summed E-state index contributed by atoms with van der Waals surface area (Å²) >= 11 is 0. The van der Waals surface area contributed by atoms with Gasteiger partial charge in [0, 0.05) is 24.6 Å². The van der Waals surface area contributed by atoms with Gasteiger partial charge < -0.3 is 15.0 Å². The summed E-state index contributed by atoms with van der Waals surface area (Å²) in [6, 6.07) is 5.49. The van der Waals surface area contributed by atoms with E-state index in [1.807, 2.05) is 18.2 Å². The van der Waals surface area contributed by atoms with Gasteiger partial charge >= 0.3 is 0 Å². The van der Waals surface area contributed by atoms with Crippen LogP contribution in [0.4, 0.5) is 11.4 Å². The van der Waals surface area contributed by atoms with Crippen LogP contribution in [-0.4, -0.2) is 25.5 Å². The van der Waals surface area contributed by atoms with E-state index in [1.54, 1.807) is 12.0 Å². The molecule has 1 aromatic carbocycles. The molecule has 5 heteroatoms. The molecule has 1 aromatic rings. The monoisotopic (exact) mass is 302 g/mol. The van der Waals surface area contributed by atoms with E-state index in [-0.39, 0.29) is 17.7 Å². The molecule has 1 N–H and O–H groups in total. The number of ether oxygens (including phenoxy) is 1. The molecule has 1 aliphatic heterocycles. The third-order valence-electron chi connectivity index (χ3n) is 4.54. The van der Waals surface area contributed by atoms with E-state index < -0.39 is 0 Å². The summed E-state index contributed by atoms with van der Waals surface area (Å²) in [6.45, 7) is 0.704. The zero-order chi connectivity index (χ0) is 15.5. The number of benzene rings is 1. The quantitative estimate of drug-likeness (QED) is 0.930. The molecule has 0 spiro atoms. The van der Waals surface area contributed by atoms with Gasteiger partial charge in [0.25, 0.3) is 0 Å². The highest BCUT2D eigenvalue weighted by atomic mass is 16.5. The van der Waals surface area contributed by atoms with Crippen molar-refractivity contribution < 1.29 is 14.3 Å². The van der Waals surface area contributed by atoms with Crippen molar-refractivity contribution in [3.63, 3.8) is 0 Å². The Bertz CT molecular complexity index is 581. The summed E-state index contributed by atoms with van der Waals surface area (Å²) in [5.41, 5.74) is 1.48. The smallest absolute Gasteiger partial charge is 0.227 e. The van der Waals surface area contributed by atoms with Crippen LogP contribution in [0.3, 0.4) is 0 Å². The van der Waals surface area contributed by atoms with Crippen LogP contribution in [0.25, 0.3) is 0 Å². The van der Waals surface area contributed by atoms with Crippen molar-refractivity contribution in [1.82, 2.24) is 0 Å². The Balaban J connectivity index is 1.82. The molecule has 2 fully saturated rings. The lowest BCUT2D eigenvalue weighted by atomic mass is 9.85. The van der Waals surface area contributed by atoms with Crippen LogP contribution in [0.2, 0.25) is 0 Å². The van der Waals surface area contributed by atoms with Gasteiger partial charge in [-0.2, -0.15) is 0 Å². The van der Waals surface area contributed by atoms with E-state index in [1.165, 1.54) is 0 Å². The summed E-state index contributed by atoms with van der Waals surface area (Å²) in [7, 11) is 1.60. The largest absolute Gasteiger partial charge is 0.495 e. The number of amides is 2. The standard InChI is InChI=1S/C17H22N2O3/c1-22-15-9-8-13(18-17(21)12-5-4-6-12)11-14(15)19-10-3-2-7-16(19)20/h8-9,11-12H,2-7,10H2,1H3,(H,18,21). The maximum Gasteiger partial charge on any atom is 0.227 e. The third kappa shape index (κ3) is 2.93. The van der Waals surface area contributed by atoms with Crippen molar-refractivity contribution >= 4 is 23.2 Å². The minimum atomic E-state index is 0.0762. The first kappa shape index (κ1) is 14.9. The molecular weight excluding hydrogens is 280 g/mol. The van der Waals surface area contributed by atoms with Gasteiger partial charge in [-0.3, -0.25) is 9.59 Å². The second-order valence-electron chi connectivity index (χ2n) is 6.01. The molecular formula is C17H22N2O3. The molecule has 0 radical (unpaired) electrons. The number of anilines is 2. The number of piperidine rings is 1. The summed E-state index contributed by atoms with van der Waals surface area (Å²) in [5, 5.41) is 2.96. The normalized spacial score (nSPS) is 18.8. The highest BCUT2D eigenvalue weighted by molar-refractivity contribution is 5.98. The molecule has 22 heavy (non-hydrogen) atoms. The fraction of sp³-hybridized carbons (Fsp3) is 0.529. The van der Waals surface area contributed by atoms with Gasteiger partial charge in [-0.05, 0) is 43.9 Å². The SMILES string of the molecule is COc1ccc(NC(=O)C2CCC2)cc1N1CCCCC1=O. The van der Waals surface area contributed by atoms with E-state index in [0.29, 0.717) is 18.7 Å². The van der Waals surface area contributed by atoms with Crippen molar-refractivity contribution in [1.29, 1.82) is 0 Å². The minimum absolute atomic E-state index is 0.0762. The number of hydrogen-bond donors (Lipinski definition) is 1. The van der Waals surface area contributed by atoms with E-state index in [4.69, 9.17) is 4.74 Å². The number of nitrogens with zero attached hydrogens (tertiary/aromatic N) is 1. The Kier molecular flexibility index (Phi) is 4.32. The Labute approximate surface area is 130 Å². The zero-order valence-corrected chi connectivity index (χ0v) is 12.9. The number of hydrogen-bond acceptors (Lipinski definition) is 3. The lowest BCUT2D eigenvalue weighted by Crippen LogP contribution is -2.35. The van der Waals surface area contributed by atoms with Crippen LogP contribution in [0.5, 0.6) is 5.75 Å². The van der Waals surface area contributed by atoms with Crippen LogP contribution in [0.1, 0.15) is 38.5 Å². The summed E-state index contributed by atoms with van der Waals surface area (Å²) in [4.78, 5) is 26.0. The molecule has 0 aromatic heterocycles. The molecule has 3 rings (SSSR count). The molecule has 1 saturated carbocycles. The molecule has 1 saturated heterocycles. The Morgan fingerprint density at radius 3 is 2.73 bits per heavy atom. The Morgan fingerprint density at radius 2 is 2.09 bits per heavy atom. The highest BCUT2D eigenvalue weighted by Gasteiger charge is 2.26. The lowest BCUT2D eigenvalue weighted by molar-refractivity contribution is -0.122. The van der Waals surface area contributed by atoms with Gasteiger partial charge in [0.15, 0.2) is 0 Å². The van der Waals surface area contributed by atoms with Crippen molar-refractivity contribution in [2.24, 2.45) is 5.92 Å². The molecule has 118 valence electrons. The second kappa shape index (κ2) is 6.38. The number of rotatable bonds is 4. The van der Waals surface area contributed by atoms with E-state index >= 15 is 0 Å². The average molecular weight is 302 g/mol. The summed E-state index contributed by atoms with van der Waals surface area (Å²) < 4.78 is 5.38. The maximum atomic E-state index is 12.1. The molecule has 2 aliphatic rings. The van der Waals surface area contributed by atoms with Crippen LogP contribution in [0.15, 0.2) is 18.2 Å². The van der Waals surface area contributed by atoms with Crippen LogP contribution in [-0.2, 0) is 9.59 Å². The Morgan fingerprint density at radius 1 is 1.27 bits per heavy atom. The molecule has 1 aliphatic carbocycles. The Hall–Kier alpha value is -2.04. The van der Waals surface area contributed by atoms with E-state index in [9.17, 15) is 9.59 Å². The van der Waals surface area contributed by atoms with Gasteiger partial charge in [0.05, 0.1) is 12.8 Å². The van der Waals surface area contributed by atoms with E-state index in [0.717, 1.165) is 43.5 Å². The summed E-state index contributed by atoms with van der Waals surface area (Å²) in [5.74, 6) is 0.999. The van der Waals surface area contributed by atoms with Crippen molar-refractivity contribution in [2.75, 3.05) is 23.9 Å². The maximum absolute atomic E-state index is 12.1. The van der Waals surface area contributed by atoms with Crippen molar-refractivity contribution in [2.45, 2.75) is 38.5 Å². The van der Waals surface area contributed by atoms with Crippen LogP contribution in [0, 0.1) is 5.92 Å². The fourth-order valence-electron chi connectivity index (χ4n) is 2.95. The van der Waals surface area contributed by atoms with Gasteiger partial charge in [0.2, 0.25) is 11.8 Å². The third-order valence-corrected chi connectivity index (χ3v) is 4.54. The number of carbonyl (C=O) groups excluding carboxylic acids is 2. The van der Waals surface area contributed by atoms with Crippen LogP contribution < -0.4 is 15.0 Å². The minimum Gasteiger partial charge on any atom is -0.495 e. The first-order chi connectivity index (χ1) is 10.7. The molecule has 5 nitrogen and oxygen atoms in total. The predicted molar refractivity (Wildman–Crippen MR) is 85.2 cm³/mol. The van der Waals surface area contributed by atoms with Crippen molar-refractivity contribution in [3.8, 4) is 5.75 Å². The van der Waals surface area contributed by atoms with Gasteiger partial charge in [0.1, 0.15) is 5.75 Å². The highest BCUT2D eigenvalue weighted by Crippen LogP contribution is 2.34. The van der Waals surface area contributed by atoms with Gasteiger partial charge in [-0.1, -0.05) is 6.42 Å². The predicted octanol–water partition coefficient (Wildman–Crippen LogP) is 2.95. The number of methoxy groups -OCH3 is 1. The molecule has 1 heterocycles. The van der Waals surface area contributed by atoms with Gasteiger partial charge in [-0.25, -0.2) is 0 Å².